The van der Waals surface area contributed by atoms with Gasteiger partial charge >= 0.3 is 0 Å². The molecule has 0 unspecified atom stereocenters. The van der Waals surface area contributed by atoms with Crippen molar-refractivity contribution in [3.05, 3.63) is 30.1 Å². The molecule has 0 saturated carbocycles. The number of hydrogen-bond donors (Lipinski definition) is 1. The number of hydrogen-bond acceptors (Lipinski definition) is 2. The van der Waals surface area contributed by atoms with Gasteiger partial charge in [0.25, 0.3) is 0 Å². The van der Waals surface area contributed by atoms with Crippen LogP contribution < -0.4 is 10.1 Å². The average molecular weight is 268 g/mol. The van der Waals surface area contributed by atoms with Crippen LogP contribution in [-0.4, -0.2) is 32.4 Å². The molecule has 19 heavy (non-hydrogen) atoms. The summed E-state index contributed by atoms with van der Waals surface area (Å²) < 4.78 is 23.8. The van der Waals surface area contributed by atoms with Crippen molar-refractivity contribution in [3.63, 3.8) is 0 Å². The maximum Gasteiger partial charge on any atom is 0.123 e. The number of rotatable bonds is 8. The lowest BCUT2D eigenvalue weighted by atomic mass is 10.2. The molecule has 0 amide bonds. The summed E-state index contributed by atoms with van der Waals surface area (Å²) in [5.74, 6) is 0.515. The summed E-state index contributed by atoms with van der Waals surface area (Å²) in [6, 6.07) is 6.17. The Morgan fingerprint density at radius 1 is 1.26 bits per heavy atom. The van der Waals surface area contributed by atoms with E-state index in [-0.39, 0.29) is 5.82 Å². The van der Waals surface area contributed by atoms with Gasteiger partial charge in [-0.1, -0.05) is 0 Å². The Morgan fingerprint density at radius 2 is 2.11 bits per heavy atom. The first-order chi connectivity index (χ1) is 9.34. The third-order valence-electron chi connectivity index (χ3n) is 3.34. The smallest absolute Gasteiger partial charge is 0.123 e. The second kappa shape index (κ2) is 8.12. The van der Waals surface area contributed by atoms with Crippen LogP contribution in [0.25, 0.3) is 0 Å². The van der Waals surface area contributed by atoms with Crippen molar-refractivity contribution in [1.82, 2.24) is 0 Å². The Balaban J connectivity index is 1.44. The molecule has 2 N–H and O–H groups in total. The molecule has 1 fully saturated rings. The SMILES string of the molecule is Fc1ccc(OCCCC[NH2+]C[C@@H]2CCCO2)cc1. The van der Waals surface area contributed by atoms with Crippen LogP contribution >= 0.6 is 0 Å². The Kier molecular flexibility index (Phi) is 6.11. The number of halogens is 1. The molecule has 0 bridgehead atoms. The van der Waals surface area contributed by atoms with Gasteiger partial charge in [0.05, 0.1) is 13.2 Å². The summed E-state index contributed by atoms with van der Waals surface area (Å²) in [5, 5.41) is 2.33. The monoisotopic (exact) mass is 268 g/mol. The van der Waals surface area contributed by atoms with Gasteiger partial charge in [0, 0.05) is 6.61 Å². The van der Waals surface area contributed by atoms with Crippen molar-refractivity contribution in [2.75, 3.05) is 26.3 Å². The molecule has 0 aromatic heterocycles. The van der Waals surface area contributed by atoms with Crippen LogP contribution in [0.15, 0.2) is 24.3 Å². The predicted molar refractivity (Wildman–Crippen MR) is 71.8 cm³/mol. The van der Waals surface area contributed by atoms with E-state index in [0.717, 1.165) is 38.3 Å². The zero-order chi connectivity index (χ0) is 13.3. The van der Waals surface area contributed by atoms with E-state index >= 15 is 0 Å². The Bertz CT molecular complexity index is 350. The molecule has 4 heteroatoms. The highest BCUT2D eigenvalue weighted by molar-refractivity contribution is 5.21. The van der Waals surface area contributed by atoms with Crippen LogP contribution in [0.4, 0.5) is 4.39 Å². The quantitative estimate of drug-likeness (QED) is 0.729. The van der Waals surface area contributed by atoms with Crippen LogP contribution in [0.3, 0.4) is 0 Å². The highest BCUT2D eigenvalue weighted by Gasteiger charge is 2.16. The molecule has 2 rings (SSSR count). The Morgan fingerprint density at radius 3 is 2.84 bits per heavy atom. The van der Waals surface area contributed by atoms with Gasteiger partial charge < -0.3 is 14.8 Å². The van der Waals surface area contributed by atoms with Gasteiger partial charge in [-0.2, -0.15) is 0 Å². The molecular weight excluding hydrogens is 245 g/mol. The highest BCUT2D eigenvalue weighted by Crippen LogP contribution is 2.11. The zero-order valence-corrected chi connectivity index (χ0v) is 11.3. The van der Waals surface area contributed by atoms with Gasteiger partial charge in [0.2, 0.25) is 0 Å². The molecule has 3 nitrogen and oxygen atoms in total. The van der Waals surface area contributed by atoms with Gasteiger partial charge in [-0.25, -0.2) is 4.39 Å². The molecule has 1 aliphatic heterocycles. The maximum absolute atomic E-state index is 12.7. The van der Waals surface area contributed by atoms with Crippen LogP contribution in [0.1, 0.15) is 25.7 Å². The van der Waals surface area contributed by atoms with E-state index in [1.807, 2.05) is 0 Å². The number of quaternary nitrogens is 1. The largest absolute Gasteiger partial charge is 0.494 e. The number of ether oxygens (including phenoxy) is 2. The van der Waals surface area contributed by atoms with Crippen molar-refractivity contribution < 1.29 is 19.2 Å². The van der Waals surface area contributed by atoms with Crippen molar-refractivity contribution in [2.45, 2.75) is 31.8 Å². The molecule has 0 spiro atoms. The third-order valence-corrected chi connectivity index (χ3v) is 3.34. The Labute approximate surface area is 114 Å². The molecule has 1 aromatic carbocycles. The van der Waals surface area contributed by atoms with E-state index in [0.29, 0.717) is 12.7 Å². The summed E-state index contributed by atoms with van der Waals surface area (Å²) in [6.07, 6.45) is 5.05. The number of unbranched alkanes of at least 4 members (excludes halogenated alkanes) is 1. The van der Waals surface area contributed by atoms with Gasteiger partial charge in [-0.05, 0) is 49.9 Å². The van der Waals surface area contributed by atoms with Gasteiger partial charge in [0.15, 0.2) is 0 Å². The normalized spacial score (nSPS) is 18.7. The van der Waals surface area contributed by atoms with Crippen LogP contribution in [0.2, 0.25) is 0 Å². The molecule has 1 heterocycles. The molecule has 1 saturated heterocycles. The van der Waals surface area contributed by atoms with Crippen LogP contribution in [0, 0.1) is 5.82 Å². The van der Waals surface area contributed by atoms with Crippen molar-refractivity contribution >= 4 is 0 Å². The zero-order valence-electron chi connectivity index (χ0n) is 11.3. The number of benzene rings is 1. The fourth-order valence-corrected chi connectivity index (χ4v) is 2.25. The minimum Gasteiger partial charge on any atom is -0.494 e. The minimum atomic E-state index is -0.226. The molecule has 0 radical (unpaired) electrons. The summed E-state index contributed by atoms with van der Waals surface area (Å²) in [7, 11) is 0. The summed E-state index contributed by atoms with van der Waals surface area (Å²) in [5.41, 5.74) is 0. The molecule has 1 atom stereocenters. The maximum atomic E-state index is 12.7. The van der Waals surface area contributed by atoms with Crippen LogP contribution in [0.5, 0.6) is 5.75 Å². The highest BCUT2D eigenvalue weighted by atomic mass is 19.1. The van der Waals surface area contributed by atoms with Crippen molar-refractivity contribution in [2.24, 2.45) is 0 Å². The van der Waals surface area contributed by atoms with Crippen molar-refractivity contribution in [3.8, 4) is 5.75 Å². The van der Waals surface area contributed by atoms with E-state index in [1.165, 1.54) is 25.0 Å². The second-order valence-corrected chi connectivity index (χ2v) is 4.96. The molecule has 106 valence electrons. The van der Waals surface area contributed by atoms with Crippen molar-refractivity contribution in [1.29, 1.82) is 0 Å². The lowest BCUT2D eigenvalue weighted by molar-refractivity contribution is -0.661. The molecule has 1 aromatic rings. The minimum absolute atomic E-state index is 0.226. The molecular formula is C15H23FNO2+. The second-order valence-electron chi connectivity index (χ2n) is 4.96. The van der Waals surface area contributed by atoms with E-state index in [4.69, 9.17) is 9.47 Å². The third kappa shape index (κ3) is 5.57. The number of nitrogens with two attached hydrogens (primary N) is 1. The van der Waals surface area contributed by atoms with E-state index in [1.54, 1.807) is 12.1 Å². The lowest BCUT2D eigenvalue weighted by Gasteiger charge is -2.08. The first-order valence-corrected chi connectivity index (χ1v) is 7.16. The fraction of sp³-hybridized carbons (Fsp3) is 0.600. The van der Waals surface area contributed by atoms with Gasteiger partial charge in [-0.3, -0.25) is 0 Å². The van der Waals surface area contributed by atoms with E-state index < -0.39 is 0 Å². The van der Waals surface area contributed by atoms with Gasteiger partial charge in [0.1, 0.15) is 24.2 Å². The van der Waals surface area contributed by atoms with E-state index in [9.17, 15) is 4.39 Å². The topological polar surface area (TPSA) is 35.1 Å². The first kappa shape index (κ1) is 14.3. The first-order valence-electron chi connectivity index (χ1n) is 7.16. The van der Waals surface area contributed by atoms with E-state index in [2.05, 4.69) is 5.32 Å². The fourth-order valence-electron chi connectivity index (χ4n) is 2.25. The standard InChI is InChI=1S/C15H22FNO2/c16-13-5-7-14(8-6-13)18-10-2-1-9-17-12-15-4-3-11-19-15/h5-8,15,17H,1-4,9-12H2/p+1/t15-/m0/s1. The lowest BCUT2D eigenvalue weighted by Crippen LogP contribution is -2.86. The summed E-state index contributed by atoms with van der Waals surface area (Å²) in [4.78, 5) is 0. The molecule has 0 aliphatic carbocycles. The summed E-state index contributed by atoms with van der Waals surface area (Å²) in [6.45, 7) is 3.83. The average Bonchev–Trinajstić information content (AvgIpc) is 2.93. The molecule has 1 aliphatic rings. The summed E-state index contributed by atoms with van der Waals surface area (Å²) >= 11 is 0. The van der Waals surface area contributed by atoms with Gasteiger partial charge in [-0.15, -0.1) is 0 Å². The Hall–Kier alpha value is -1.13. The van der Waals surface area contributed by atoms with Crippen LogP contribution in [-0.2, 0) is 4.74 Å². The predicted octanol–water partition coefficient (Wildman–Crippen LogP) is 1.73.